The van der Waals surface area contributed by atoms with E-state index in [0.29, 0.717) is 49.6 Å². The van der Waals surface area contributed by atoms with Crippen LogP contribution in [0, 0.1) is 33.3 Å². The van der Waals surface area contributed by atoms with Gasteiger partial charge in [0.1, 0.15) is 28.9 Å². The number of amides is 4. The first-order valence-electron chi connectivity index (χ1n) is 29.3. The summed E-state index contributed by atoms with van der Waals surface area (Å²) in [4.78, 5) is 81.3. The Morgan fingerprint density at radius 1 is 0.942 bits per heavy atom. The van der Waals surface area contributed by atoms with E-state index in [0.717, 1.165) is 111 Å². The Bertz CT molecular complexity index is 3820. The van der Waals surface area contributed by atoms with E-state index in [-0.39, 0.29) is 53.1 Å². The topological polar surface area (TPSA) is 236 Å². The Labute approximate surface area is 505 Å². The lowest BCUT2D eigenvalue weighted by Crippen LogP contribution is -2.52. The molecular formula is C64H70ClN11O9S. The molecule has 4 N–H and O–H groups in total. The molecule has 3 saturated heterocycles. The van der Waals surface area contributed by atoms with Gasteiger partial charge in [-0.05, 0) is 147 Å². The van der Waals surface area contributed by atoms with E-state index in [1.54, 1.807) is 42.6 Å². The van der Waals surface area contributed by atoms with Crippen LogP contribution in [0.2, 0.25) is 5.02 Å². The molecule has 20 nitrogen and oxygen atoms in total. The highest BCUT2D eigenvalue weighted by atomic mass is 35.5. The number of aromatic amines is 1. The monoisotopic (exact) mass is 1200 g/mol. The molecule has 4 amide bonds. The molecule has 3 fully saturated rings. The second-order valence-corrected chi connectivity index (χ2v) is 26.0. The van der Waals surface area contributed by atoms with Gasteiger partial charge in [0, 0.05) is 111 Å². The van der Waals surface area contributed by atoms with Gasteiger partial charge in [0.2, 0.25) is 11.8 Å². The lowest BCUT2D eigenvalue weighted by atomic mass is 9.72. The van der Waals surface area contributed by atoms with Crippen LogP contribution in [-0.2, 0) is 26.2 Å². The molecule has 2 aromatic heterocycles. The summed E-state index contributed by atoms with van der Waals surface area (Å²) >= 11 is 6.27. The van der Waals surface area contributed by atoms with Crippen molar-refractivity contribution < 1.29 is 37.3 Å². The first-order valence-corrected chi connectivity index (χ1v) is 31.1. The number of nitrogens with zero attached hydrogens (tertiary/aromatic N) is 7. The standard InChI is InChI=1S/C64H70ClN11O9S/c1-64(2)23-19-46(53(37-64)44-9-11-47(65)12-10-44)40-73-30-32-74(33-31-73)48-13-15-52(58(35-48)85-49-34-45-20-24-66-60(45)68-39-49)61(78)70-86(83,84)50-14-16-55(57(36-50)76(81)82)67-38-42-21-26-72(27-22-42)29-28-71(3)25-5-7-43-6-4-8-51-54(43)41-75(63(51)80)56-17-18-59(77)69-62(56)79/h4,6,8-16,20,24,34-36,39,42,56,67H,17-19,21-23,25-33,37-38,40-41H2,1-3H3,(H,66,68)(H,70,78)(H,69,77,79). The van der Waals surface area contributed by atoms with E-state index in [1.165, 1.54) is 39.9 Å². The highest BCUT2D eigenvalue weighted by molar-refractivity contribution is 7.90. The number of likely N-dealkylation sites (N-methyl/N-ethyl adjacent to an activating group) is 1. The van der Waals surface area contributed by atoms with E-state index in [9.17, 15) is 37.7 Å². The second-order valence-electron chi connectivity index (χ2n) is 23.9. The molecule has 1 atom stereocenters. The molecule has 5 aliphatic rings. The number of hydrogen-bond donors (Lipinski definition) is 4. The number of pyridine rings is 1. The van der Waals surface area contributed by atoms with Gasteiger partial charge in [-0.25, -0.2) is 18.1 Å². The predicted molar refractivity (Wildman–Crippen MR) is 330 cm³/mol. The lowest BCUT2D eigenvalue weighted by molar-refractivity contribution is -0.384. The highest BCUT2D eigenvalue weighted by Crippen LogP contribution is 2.44. The van der Waals surface area contributed by atoms with E-state index in [2.05, 4.69) is 82.7 Å². The summed E-state index contributed by atoms with van der Waals surface area (Å²) in [5.74, 6) is 5.14. The van der Waals surface area contributed by atoms with Crippen molar-refractivity contribution in [2.45, 2.75) is 76.3 Å². The van der Waals surface area contributed by atoms with Gasteiger partial charge in [0.25, 0.3) is 27.5 Å². The van der Waals surface area contributed by atoms with Crippen molar-refractivity contribution in [3.8, 4) is 23.3 Å². The average Bonchev–Trinajstić information content (AvgIpc) is 2.70. The van der Waals surface area contributed by atoms with Crippen molar-refractivity contribution in [3.05, 3.63) is 152 Å². The van der Waals surface area contributed by atoms with E-state index in [1.807, 2.05) is 31.3 Å². The van der Waals surface area contributed by atoms with Gasteiger partial charge in [-0.15, -0.1) is 0 Å². The summed E-state index contributed by atoms with van der Waals surface area (Å²) in [6, 6.07) is 25.1. The van der Waals surface area contributed by atoms with Gasteiger partial charge < -0.3 is 29.7 Å². The SMILES string of the molecule is CN(CC#Cc1cccc2c1CN(C1CCC(=O)NC1=O)C2=O)CCN1CCC(CNc2ccc(S(=O)(=O)NC(=O)c3ccc(N4CCN(CC5=C(c6ccc(Cl)cc6)CC(C)(C)CC5)CC4)cc3Oc3cnc4[nH]ccc4c3)cc2[N+](=O)[O-])CC1. The van der Waals surface area contributed by atoms with Crippen molar-refractivity contribution in [2.24, 2.45) is 11.3 Å². The number of piperidine rings is 2. The maximum Gasteiger partial charge on any atom is 0.293 e. The van der Waals surface area contributed by atoms with Crippen LogP contribution in [0.5, 0.6) is 11.5 Å². The number of fused-ring (bicyclic) bond motifs is 2. The van der Waals surface area contributed by atoms with Crippen molar-refractivity contribution in [3.63, 3.8) is 0 Å². The van der Waals surface area contributed by atoms with Gasteiger partial charge in [0.05, 0.1) is 28.1 Å². The van der Waals surface area contributed by atoms with E-state index in [4.69, 9.17) is 16.3 Å². The minimum Gasteiger partial charge on any atom is -0.455 e. The molecule has 4 aliphatic heterocycles. The molecule has 1 aliphatic carbocycles. The Balaban J connectivity index is 0.684. The predicted octanol–water partition coefficient (Wildman–Crippen LogP) is 8.69. The number of hydrogen-bond acceptors (Lipinski definition) is 15. The van der Waals surface area contributed by atoms with Gasteiger partial charge in [-0.1, -0.05) is 61.1 Å². The van der Waals surface area contributed by atoms with Crippen molar-refractivity contribution in [2.75, 3.05) is 89.3 Å². The molecule has 1 unspecified atom stereocenters. The molecule has 6 heterocycles. The number of allylic oxidation sites excluding steroid dienone is 1. The molecule has 448 valence electrons. The van der Waals surface area contributed by atoms with Crippen molar-refractivity contribution in [1.29, 1.82) is 0 Å². The fourth-order valence-corrected chi connectivity index (χ4v) is 13.3. The number of aromatic nitrogens is 2. The molecule has 4 aromatic carbocycles. The molecule has 22 heteroatoms. The van der Waals surface area contributed by atoms with E-state index >= 15 is 0 Å². The number of benzene rings is 4. The van der Waals surface area contributed by atoms with Gasteiger partial charge in [-0.3, -0.25) is 44.4 Å². The average molecular weight is 1200 g/mol. The molecule has 0 saturated carbocycles. The van der Waals surface area contributed by atoms with Gasteiger partial charge >= 0.3 is 0 Å². The fraction of sp³-hybridized carbons (Fsp3) is 0.391. The largest absolute Gasteiger partial charge is 0.455 e. The molecule has 0 radical (unpaired) electrons. The summed E-state index contributed by atoms with van der Waals surface area (Å²) in [6.45, 7) is 13.0. The Hall–Kier alpha value is -8.13. The van der Waals surface area contributed by atoms with E-state index < -0.39 is 43.4 Å². The van der Waals surface area contributed by atoms with Gasteiger partial charge in [-0.2, -0.15) is 0 Å². The number of carbonyl (C=O) groups excluding carboxylic acids is 4. The lowest BCUT2D eigenvalue weighted by Gasteiger charge is -2.39. The normalized spacial score (nSPS) is 18.7. The number of anilines is 2. The first kappa shape index (κ1) is 59.6. The van der Waals surface area contributed by atoms with Crippen LogP contribution in [0.4, 0.5) is 17.1 Å². The molecule has 0 spiro atoms. The van der Waals surface area contributed by atoms with Gasteiger partial charge in [0.15, 0.2) is 0 Å². The number of ether oxygens (including phenoxy) is 1. The summed E-state index contributed by atoms with van der Waals surface area (Å²) in [7, 11) is -2.63. The maximum absolute atomic E-state index is 14.2. The zero-order chi connectivity index (χ0) is 60.3. The summed E-state index contributed by atoms with van der Waals surface area (Å²) in [5.41, 5.74) is 7.44. The Morgan fingerprint density at radius 2 is 1.73 bits per heavy atom. The van der Waals surface area contributed by atoms with Crippen LogP contribution >= 0.6 is 11.6 Å². The Kier molecular flexibility index (Phi) is 17.6. The number of likely N-dealkylation sites (tertiary alicyclic amines) is 1. The summed E-state index contributed by atoms with van der Waals surface area (Å²) < 4.78 is 36.5. The van der Waals surface area contributed by atoms with Crippen LogP contribution in [0.3, 0.4) is 0 Å². The maximum atomic E-state index is 14.2. The number of H-pyrrole nitrogens is 1. The fourth-order valence-electron chi connectivity index (χ4n) is 12.2. The number of nitro benzene ring substituents is 1. The first-order chi connectivity index (χ1) is 41.3. The molecule has 11 rings (SSSR count). The zero-order valence-electron chi connectivity index (χ0n) is 48.5. The highest BCUT2D eigenvalue weighted by Gasteiger charge is 2.40. The van der Waals surface area contributed by atoms with Crippen molar-refractivity contribution in [1.82, 2.24) is 39.6 Å². The smallest absolute Gasteiger partial charge is 0.293 e. The molecule has 86 heavy (non-hydrogen) atoms. The molecular weight excluding hydrogens is 1130 g/mol. The number of nitro groups is 1. The Morgan fingerprint density at radius 3 is 2.50 bits per heavy atom. The number of sulfonamides is 1. The number of halogens is 1. The number of nitrogens with one attached hydrogen (secondary N) is 4. The minimum atomic E-state index is -4.63. The van der Waals surface area contributed by atoms with Crippen LogP contribution in [0.25, 0.3) is 16.6 Å². The van der Waals surface area contributed by atoms with Crippen LogP contribution in [0.15, 0.2) is 114 Å². The van der Waals surface area contributed by atoms with Crippen LogP contribution in [0.1, 0.15) is 96.2 Å². The number of rotatable bonds is 18. The summed E-state index contributed by atoms with van der Waals surface area (Å²) in [6.07, 6.45) is 8.61. The second kappa shape index (κ2) is 25.4. The van der Waals surface area contributed by atoms with Crippen LogP contribution in [-0.4, -0.2) is 152 Å². The molecule has 6 aromatic rings. The third kappa shape index (κ3) is 13.7. The minimum absolute atomic E-state index is 0.0574. The number of imide groups is 1. The number of piperazine rings is 1. The third-order valence-corrected chi connectivity index (χ3v) is 18.9. The zero-order valence-corrected chi connectivity index (χ0v) is 50.1. The number of carbonyl (C=O) groups is 4. The third-order valence-electron chi connectivity index (χ3n) is 17.3. The summed E-state index contributed by atoms with van der Waals surface area (Å²) in [5, 5.41) is 19.5. The quantitative estimate of drug-likeness (QED) is 0.0273. The van der Waals surface area contributed by atoms with Crippen molar-refractivity contribution >= 4 is 78.9 Å². The molecule has 0 bridgehead atoms. The van der Waals surface area contributed by atoms with Crippen LogP contribution < -0.4 is 25.0 Å².